The molecule has 0 spiro atoms. The zero-order chi connectivity index (χ0) is 20.5. The number of hydrogen-bond donors (Lipinski definition) is 0. The van der Waals surface area contributed by atoms with E-state index >= 15 is 0 Å². The minimum atomic E-state index is -0.438. The molecule has 0 saturated carbocycles. The summed E-state index contributed by atoms with van der Waals surface area (Å²) in [4.78, 5) is 29.4. The molecule has 0 N–H and O–H groups in total. The first-order chi connectivity index (χ1) is 14.2. The molecule has 0 bridgehead atoms. The van der Waals surface area contributed by atoms with Gasteiger partial charge in [-0.05, 0) is 30.4 Å². The van der Waals surface area contributed by atoms with E-state index in [0.29, 0.717) is 26.1 Å². The van der Waals surface area contributed by atoms with Gasteiger partial charge in [-0.25, -0.2) is 0 Å². The molecule has 1 aliphatic rings. The molecule has 0 aliphatic carbocycles. The van der Waals surface area contributed by atoms with Crippen molar-refractivity contribution in [1.29, 1.82) is 0 Å². The SMILES string of the molecule is COCCN1CC(=O)N(CCCCc2ccccc2)[C@H](Cc2ccccc2)C1=O. The molecule has 154 valence electrons. The summed E-state index contributed by atoms with van der Waals surface area (Å²) < 4.78 is 5.11. The lowest BCUT2D eigenvalue weighted by Gasteiger charge is -2.40. The van der Waals surface area contributed by atoms with Crippen molar-refractivity contribution in [2.24, 2.45) is 0 Å². The number of piperazine rings is 1. The van der Waals surface area contributed by atoms with Gasteiger partial charge in [-0.2, -0.15) is 0 Å². The first kappa shape index (κ1) is 21.1. The van der Waals surface area contributed by atoms with Crippen LogP contribution in [0.25, 0.3) is 0 Å². The summed E-state index contributed by atoms with van der Waals surface area (Å²) in [6.07, 6.45) is 3.42. The molecule has 1 saturated heterocycles. The maximum atomic E-state index is 13.1. The minimum Gasteiger partial charge on any atom is -0.383 e. The highest BCUT2D eigenvalue weighted by Gasteiger charge is 2.38. The molecule has 1 fully saturated rings. The van der Waals surface area contributed by atoms with E-state index < -0.39 is 6.04 Å². The Labute approximate surface area is 173 Å². The molecule has 2 aromatic carbocycles. The number of carbonyl (C=O) groups excluding carboxylic acids is 2. The summed E-state index contributed by atoms with van der Waals surface area (Å²) >= 11 is 0. The summed E-state index contributed by atoms with van der Waals surface area (Å²) in [6.45, 7) is 1.65. The lowest BCUT2D eigenvalue weighted by molar-refractivity contribution is -0.156. The second-order valence-electron chi connectivity index (χ2n) is 7.49. The van der Waals surface area contributed by atoms with E-state index in [1.165, 1.54) is 5.56 Å². The van der Waals surface area contributed by atoms with Gasteiger partial charge in [0, 0.05) is 26.6 Å². The highest BCUT2D eigenvalue weighted by Crippen LogP contribution is 2.19. The summed E-state index contributed by atoms with van der Waals surface area (Å²) in [5.41, 5.74) is 2.38. The second-order valence-corrected chi connectivity index (χ2v) is 7.49. The van der Waals surface area contributed by atoms with Crippen LogP contribution in [0.15, 0.2) is 60.7 Å². The van der Waals surface area contributed by atoms with E-state index in [4.69, 9.17) is 4.74 Å². The average Bonchev–Trinajstić information content (AvgIpc) is 2.75. The Morgan fingerprint density at radius 2 is 1.55 bits per heavy atom. The number of amides is 2. The van der Waals surface area contributed by atoms with Gasteiger partial charge in [-0.1, -0.05) is 60.7 Å². The maximum absolute atomic E-state index is 13.1. The van der Waals surface area contributed by atoms with Gasteiger partial charge in [0.2, 0.25) is 11.8 Å². The van der Waals surface area contributed by atoms with E-state index in [0.717, 1.165) is 24.8 Å². The average molecular weight is 395 g/mol. The number of benzene rings is 2. The normalized spacial score (nSPS) is 17.1. The molecule has 0 radical (unpaired) electrons. The van der Waals surface area contributed by atoms with E-state index in [-0.39, 0.29) is 18.4 Å². The van der Waals surface area contributed by atoms with Gasteiger partial charge in [-0.3, -0.25) is 9.59 Å². The van der Waals surface area contributed by atoms with Crippen molar-refractivity contribution in [2.75, 3.05) is 33.4 Å². The number of methoxy groups -OCH3 is 1. The van der Waals surface area contributed by atoms with Gasteiger partial charge in [0.15, 0.2) is 0 Å². The number of carbonyl (C=O) groups is 2. The largest absolute Gasteiger partial charge is 0.383 e. The molecule has 2 aromatic rings. The van der Waals surface area contributed by atoms with E-state index in [9.17, 15) is 9.59 Å². The third-order valence-corrected chi connectivity index (χ3v) is 5.41. The first-order valence-electron chi connectivity index (χ1n) is 10.3. The first-order valence-corrected chi connectivity index (χ1v) is 10.3. The number of unbranched alkanes of at least 4 members (excludes halogenated alkanes) is 1. The highest BCUT2D eigenvalue weighted by molar-refractivity contribution is 5.95. The van der Waals surface area contributed by atoms with Crippen LogP contribution in [0.5, 0.6) is 0 Å². The van der Waals surface area contributed by atoms with Crippen molar-refractivity contribution >= 4 is 11.8 Å². The molecule has 29 heavy (non-hydrogen) atoms. The number of aryl methyl sites for hydroxylation is 1. The molecule has 5 nitrogen and oxygen atoms in total. The topological polar surface area (TPSA) is 49.9 Å². The fourth-order valence-electron chi connectivity index (χ4n) is 3.81. The lowest BCUT2D eigenvalue weighted by Crippen LogP contribution is -2.61. The molecular weight excluding hydrogens is 364 g/mol. The van der Waals surface area contributed by atoms with Crippen molar-refractivity contribution in [2.45, 2.75) is 31.7 Å². The van der Waals surface area contributed by atoms with Crippen LogP contribution in [0.2, 0.25) is 0 Å². The third kappa shape index (κ3) is 5.91. The maximum Gasteiger partial charge on any atom is 0.246 e. The van der Waals surface area contributed by atoms with Crippen LogP contribution in [0.4, 0.5) is 0 Å². The van der Waals surface area contributed by atoms with E-state index in [1.54, 1.807) is 16.9 Å². The van der Waals surface area contributed by atoms with Crippen molar-refractivity contribution in [3.8, 4) is 0 Å². The molecule has 5 heteroatoms. The van der Waals surface area contributed by atoms with Crippen LogP contribution < -0.4 is 0 Å². The predicted octanol–water partition coefficient (Wildman–Crippen LogP) is 2.94. The minimum absolute atomic E-state index is 0.0218. The van der Waals surface area contributed by atoms with Crippen LogP contribution in [0.1, 0.15) is 24.0 Å². The number of nitrogens with zero attached hydrogens (tertiary/aromatic N) is 2. The van der Waals surface area contributed by atoms with E-state index in [1.807, 2.05) is 48.5 Å². The Hall–Kier alpha value is -2.66. The van der Waals surface area contributed by atoms with Crippen LogP contribution >= 0.6 is 0 Å². The Bertz CT molecular complexity index is 779. The predicted molar refractivity (Wildman–Crippen MR) is 113 cm³/mol. The Morgan fingerprint density at radius 1 is 0.897 bits per heavy atom. The quantitative estimate of drug-likeness (QED) is 0.582. The molecule has 0 aromatic heterocycles. The molecule has 1 heterocycles. The van der Waals surface area contributed by atoms with Gasteiger partial charge in [-0.15, -0.1) is 0 Å². The highest BCUT2D eigenvalue weighted by atomic mass is 16.5. The Morgan fingerprint density at radius 3 is 2.21 bits per heavy atom. The second kappa shape index (κ2) is 10.8. The summed E-state index contributed by atoms with van der Waals surface area (Å²) in [7, 11) is 1.61. The summed E-state index contributed by atoms with van der Waals surface area (Å²) in [5, 5.41) is 0. The molecule has 2 amide bonds. The Kier molecular flexibility index (Phi) is 7.82. The summed E-state index contributed by atoms with van der Waals surface area (Å²) in [5.74, 6) is 0.0508. The summed E-state index contributed by atoms with van der Waals surface area (Å²) in [6, 6.07) is 19.9. The van der Waals surface area contributed by atoms with Gasteiger partial charge in [0.05, 0.1) is 13.2 Å². The molecule has 0 unspecified atom stereocenters. The standard InChI is InChI=1S/C24H30N2O3/c1-29-17-16-25-19-23(27)26(15-9-8-12-20-10-4-2-5-11-20)22(24(25)28)18-21-13-6-3-7-14-21/h2-7,10-11,13-14,22H,8-9,12,15-19H2,1H3/t22-/m1/s1. The van der Waals surface area contributed by atoms with E-state index in [2.05, 4.69) is 12.1 Å². The van der Waals surface area contributed by atoms with Crippen molar-refractivity contribution in [3.05, 3.63) is 71.8 Å². The fourth-order valence-corrected chi connectivity index (χ4v) is 3.81. The molecule has 3 rings (SSSR count). The molecule has 1 aliphatic heterocycles. The van der Waals surface area contributed by atoms with Gasteiger partial charge in [0.1, 0.15) is 6.04 Å². The number of rotatable bonds is 10. The van der Waals surface area contributed by atoms with Gasteiger partial charge in [0.25, 0.3) is 0 Å². The van der Waals surface area contributed by atoms with Crippen molar-refractivity contribution in [3.63, 3.8) is 0 Å². The monoisotopic (exact) mass is 394 g/mol. The van der Waals surface area contributed by atoms with Crippen molar-refractivity contribution in [1.82, 2.24) is 9.80 Å². The van der Waals surface area contributed by atoms with Crippen LogP contribution in [-0.4, -0.2) is 61.0 Å². The third-order valence-electron chi connectivity index (χ3n) is 5.41. The molecule has 1 atom stereocenters. The molecular formula is C24H30N2O3. The van der Waals surface area contributed by atoms with Crippen LogP contribution in [0.3, 0.4) is 0 Å². The van der Waals surface area contributed by atoms with Crippen molar-refractivity contribution < 1.29 is 14.3 Å². The fraction of sp³-hybridized carbons (Fsp3) is 0.417. The number of ether oxygens (including phenoxy) is 1. The smallest absolute Gasteiger partial charge is 0.246 e. The Balaban J connectivity index is 1.64. The number of hydrogen-bond acceptors (Lipinski definition) is 3. The zero-order valence-corrected chi connectivity index (χ0v) is 17.1. The van der Waals surface area contributed by atoms with Gasteiger partial charge < -0.3 is 14.5 Å². The van der Waals surface area contributed by atoms with Crippen LogP contribution in [0, 0.1) is 0 Å². The zero-order valence-electron chi connectivity index (χ0n) is 17.1. The lowest BCUT2D eigenvalue weighted by atomic mass is 10.00. The van der Waals surface area contributed by atoms with Gasteiger partial charge >= 0.3 is 0 Å². The van der Waals surface area contributed by atoms with Crippen LogP contribution in [-0.2, 0) is 27.2 Å².